The Morgan fingerprint density at radius 1 is 1.28 bits per heavy atom. The lowest BCUT2D eigenvalue weighted by Gasteiger charge is -2.20. The number of phenols is 1. The zero-order chi connectivity index (χ0) is 13.2. The van der Waals surface area contributed by atoms with Gasteiger partial charge in [-0.2, -0.15) is 0 Å². The van der Waals surface area contributed by atoms with Crippen molar-refractivity contribution in [2.24, 2.45) is 11.8 Å². The molecular formula is C13H18O4S. The van der Waals surface area contributed by atoms with E-state index in [0.717, 1.165) is 5.56 Å². The molecule has 4 nitrogen and oxygen atoms in total. The van der Waals surface area contributed by atoms with E-state index in [0.29, 0.717) is 12.8 Å². The number of aliphatic hydroxyl groups is 1. The van der Waals surface area contributed by atoms with Crippen LogP contribution in [0.4, 0.5) is 0 Å². The molecule has 1 aliphatic heterocycles. The highest BCUT2D eigenvalue weighted by Gasteiger charge is 2.33. The first-order valence-corrected chi connectivity index (χ1v) is 7.91. The molecule has 0 radical (unpaired) electrons. The van der Waals surface area contributed by atoms with Gasteiger partial charge in [-0.1, -0.05) is 12.1 Å². The van der Waals surface area contributed by atoms with Crippen LogP contribution in [0.1, 0.15) is 12.0 Å². The van der Waals surface area contributed by atoms with E-state index in [1.807, 2.05) is 0 Å². The molecular weight excluding hydrogens is 252 g/mol. The molecule has 1 aliphatic rings. The van der Waals surface area contributed by atoms with Crippen molar-refractivity contribution in [3.05, 3.63) is 29.8 Å². The number of hydrogen-bond donors (Lipinski definition) is 2. The number of rotatable bonds is 4. The predicted octanol–water partition coefficient (Wildman–Crippen LogP) is 0.978. The van der Waals surface area contributed by atoms with Crippen LogP contribution in [0.3, 0.4) is 0 Å². The van der Waals surface area contributed by atoms with Crippen LogP contribution in [-0.4, -0.2) is 36.7 Å². The molecule has 0 aromatic heterocycles. The zero-order valence-electron chi connectivity index (χ0n) is 10.1. The Labute approximate surface area is 107 Å². The third-order valence-electron chi connectivity index (χ3n) is 3.60. The van der Waals surface area contributed by atoms with Crippen LogP contribution in [0.25, 0.3) is 0 Å². The Hall–Kier alpha value is -1.07. The van der Waals surface area contributed by atoms with Crippen molar-refractivity contribution in [3.8, 4) is 5.75 Å². The van der Waals surface area contributed by atoms with E-state index in [-0.39, 0.29) is 35.7 Å². The number of benzene rings is 1. The first-order chi connectivity index (χ1) is 8.50. The number of aliphatic hydroxyl groups excluding tert-OH is 1. The first kappa shape index (κ1) is 13.4. The molecule has 5 heteroatoms. The van der Waals surface area contributed by atoms with Gasteiger partial charge in [0.25, 0.3) is 0 Å². The normalized spacial score (nSPS) is 23.9. The second-order valence-electron chi connectivity index (χ2n) is 4.98. The van der Waals surface area contributed by atoms with Crippen LogP contribution in [0, 0.1) is 11.8 Å². The van der Waals surface area contributed by atoms with Gasteiger partial charge in [-0.05, 0) is 42.4 Å². The molecule has 18 heavy (non-hydrogen) atoms. The second kappa shape index (κ2) is 5.28. The zero-order valence-corrected chi connectivity index (χ0v) is 10.9. The summed E-state index contributed by atoms with van der Waals surface area (Å²) in [7, 11) is -2.90. The molecule has 2 atom stereocenters. The van der Waals surface area contributed by atoms with E-state index < -0.39 is 9.84 Å². The molecule has 0 spiro atoms. The van der Waals surface area contributed by atoms with Crippen molar-refractivity contribution in [1.29, 1.82) is 0 Å². The van der Waals surface area contributed by atoms with E-state index >= 15 is 0 Å². The highest BCUT2D eigenvalue weighted by molar-refractivity contribution is 7.91. The van der Waals surface area contributed by atoms with Gasteiger partial charge in [-0.15, -0.1) is 0 Å². The summed E-state index contributed by atoms with van der Waals surface area (Å²) in [5.74, 6) is 0.670. The Morgan fingerprint density at radius 3 is 2.44 bits per heavy atom. The summed E-state index contributed by atoms with van der Waals surface area (Å²) in [6.45, 7) is 0.00105. The van der Waals surface area contributed by atoms with Gasteiger partial charge < -0.3 is 10.2 Å². The van der Waals surface area contributed by atoms with Crippen molar-refractivity contribution in [2.75, 3.05) is 18.1 Å². The molecule has 0 amide bonds. The minimum absolute atomic E-state index is 0.00105. The molecule has 100 valence electrons. The van der Waals surface area contributed by atoms with E-state index in [2.05, 4.69) is 0 Å². The van der Waals surface area contributed by atoms with Gasteiger partial charge >= 0.3 is 0 Å². The molecule has 1 aromatic carbocycles. The van der Waals surface area contributed by atoms with E-state index in [1.54, 1.807) is 24.3 Å². The molecule has 2 unspecified atom stereocenters. The number of sulfone groups is 1. The van der Waals surface area contributed by atoms with Crippen LogP contribution in [0.5, 0.6) is 5.75 Å². The highest BCUT2D eigenvalue weighted by Crippen LogP contribution is 2.28. The average molecular weight is 270 g/mol. The molecule has 0 bridgehead atoms. The molecule has 1 fully saturated rings. The first-order valence-electron chi connectivity index (χ1n) is 6.09. The van der Waals surface area contributed by atoms with Gasteiger partial charge in [0.15, 0.2) is 9.84 Å². The van der Waals surface area contributed by atoms with E-state index in [9.17, 15) is 18.6 Å². The topological polar surface area (TPSA) is 74.6 Å². The Bertz CT molecular complexity index is 492. The van der Waals surface area contributed by atoms with Gasteiger partial charge in [-0.3, -0.25) is 0 Å². The van der Waals surface area contributed by atoms with Crippen molar-refractivity contribution < 1.29 is 18.6 Å². The summed E-state index contributed by atoms with van der Waals surface area (Å²) in [4.78, 5) is 0. The van der Waals surface area contributed by atoms with E-state index in [4.69, 9.17) is 0 Å². The van der Waals surface area contributed by atoms with Gasteiger partial charge in [0.05, 0.1) is 11.5 Å². The van der Waals surface area contributed by atoms with E-state index in [1.165, 1.54) is 0 Å². The SMILES string of the molecule is O=S1(=O)CCC(C(CO)Cc2ccc(O)cc2)C1. The Kier molecular flexibility index (Phi) is 3.92. The minimum Gasteiger partial charge on any atom is -0.508 e. The largest absolute Gasteiger partial charge is 0.508 e. The summed E-state index contributed by atoms with van der Waals surface area (Å²) < 4.78 is 22.9. The quantitative estimate of drug-likeness (QED) is 0.855. The minimum atomic E-state index is -2.90. The molecule has 1 saturated heterocycles. The molecule has 0 aliphatic carbocycles. The van der Waals surface area contributed by atoms with Gasteiger partial charge in [-0.25, -0.2) is 8.42 Å². The van der Waals surface area contributed by atoms with Crippen LogP contribution < -0.4 is 0 Å². The fourth-order valence-electron chi connectivity index (χ4n) is 2.51. The maximum Gasteiger partial charge on any atom is 0.150 e. The Morgan fingerprint density at radius 2 is 1.94 bits per heavy atom. The third kappa shape index (κ3) is 3.23. The maximum atomic E-state index is 11.4. The Balaban J connectivity index is 2.04. The van der Waals surface area contributed by atoms with Crippen molar-refractivity contribution >= 4 is 9.84 Å². The second-order valence-corrected chi connectivity index (χ2v) is 7.21. The fourth-order valence-corrected chi connectivity index (χ4v) is 4.43. The lowest BCUT2D eigenvalue weighted by molar-refractivity contribution is 0.184. The number of phenolic OH excluding ortho intramolecular Hbond substituents is 1. The predicted molar refractivity (Wildman–Crippen MR) is 69.1 cm³/mol. The van der Waals surface area contributed by atoms with Crippen molar-refractivity contribution in [3.63, 3.8) is 0 Å². The number of aromatic hydroxyl groups is 1. The summed E-state index contributed by atoms with van der Waals surface area (Å²) >= 11 is 0. The van der Waals surface area contributed by atoms with Crippen molar-refractivity contribution in [1.82, 2.24) is 0 Å². The number of hydrogen-bond acceptors (Lipinski definition) is 4. The van der Waals surface area contributed by atoms with Gasteiger partial charge in [0.2, 0.25) is 0 Å². The lowest BCUT2D eigenvalue weighted by atomic mass is 9.87. The van der Waals surface area contributed by atoms with Crippen LogP contribution in [-0.2, 0) is 16.3 Å². The summed E-state index contributed by atoms with van der Waals surface area (Å²) in [5, 5.41) is 18.6. The molecule has 2 rings (SSSR count). The molecule has 1 heterocycles. The third-order valence-corrected chi connectivity index (χ3v) is 5.40. The molecule has 0 saturated carbocycles. The van der Waals surface area contributed by atoms with Crippen LogP contribution >= 0.6 is 0 Å². The summed E-state index contributed by atoms with van der Waals surface area (Å²) in [6, 6.07) is 6.83. The fraction of sp³-hybridized carbons (Fsp3) is 0.538. The van der Waals surface area contributed by atoms with Crippen LogP contribution in [0.15, 0.2) is 24.3 Å². The van der Waals surface area contributed by atoms with Crippen LogP contribution in [0.2, 0.25) is 0 Å². The smallest absolute Gasteiger partial charge is 0.150 e. The maximum absolute atomic E-state index is 11.4. The monoisotopic (exact) mass is 270 g/mol. The van der Waals surface area contributed by atoms with Gasteiger partial charge in [0, 0.05) is 6.61 Å². The molecule has 1 aromatic rings. The highest BCUT2D eigenvalue weighted by atomic mass is 32.2. The standard InChI is InChI=1S/C13H18O4S/c14-8-12(11-5-6-18(16,17)9-11)7-10-1-3-13(15)4-2-10/h1-4,11-12,14-15H,5-9H2. The lowest BCUT2D eigenvalue weighted by Crippen LogP contribution is -2.22. The summed E-state index contributed by atoms with van der Waals surface area (Å²) in [5.41, 5.74) is 1.01. The van der Waals surface area contributed by atoms with Gasteiger partial charge in [0.1, 0.15) is 5.75 Å². The average Bonchev–Trinajstić information content (AvgIpc) is 2.69. The molecule has 2 N–H and O–H groups in total. The van der Waals surface area contributed by atoms with Crippen molar-refractivity contribution in [2.45, 2.75) is 12.8 Å². The summed E-state index contributed by atoms with van der Waals surface area (Å²) in [6.07, 6.45) is 1.29.